The molecule has 0 aliphatic carbocycles. The van der Waals surface area contributed by atoms with E-state index in [1.165, 1.54) is 0 Å². The standard InChI is InChI=1S/C17H24N2O3/c1-13-7-14(2)9-15(8-13)16(21)18-3-4-19-5-6-22-12-17(19,10-18)11-20/h7-9,20H,3-6,10-12H2,1-2H3/t17-/m1/s1. The number of carbonyl (C=O) groups is 1. The molecule has 5 heteroatoms. The van der Waals surface area contributed by atoms with Crippen LogP contribution in [0.4, 0.5) is 0 Å². The highest BCUT2D eigenvalue weighted by molar-refractivity contribution is 5.94. The van der Waals surface area contributed by atoms with Crippen molar-refractivity contribution in [3.05, 3.63) is 34.9 Å². The third-order valence-electron chi connectivity index (χ3n) is 4.72. The van der Waals surface area contributed by atoms with Crippen LogP contribution in [0.1, 0.15) is 21.5 Å². The second-order valence-electron chi connectivity index (χ2n) is 6.53. The second kappa shape index (κ2) is 5.99. The molecule has 0 spiro atoms. The lowest BCUT2D eigenvalue weighted by atomic mass is 9.93. The molecule has 0 radical (unpaired) electrons. The molecular weight excluding hydrogens is 280 g/mol. The number of morpholine rings is 1. The summed E-state index contributed by atoms with van der Waals surface area (Å²) in [6.07, 6.45) is 0. The SMILES string of the molecule is Cc1cc(C)cc(C(=O)N2CCN3CCOC[C@]3(CO)C2)c1. The van der Waals surface area contributed by atoms with Gasteiger partial charge in [-0.25, -0.2) is 0 Å². The van der Waals surface area contributed by atoms with Crippen molar-refractivity contribution in [3.63, 3.8) is 0 Å². The summed E-state index contributed by atoms with van der Waals surface area (Å²) >= 11 is 0. The normalized spacial score (nSPS) is 25.9. The minimum absolute atomic E-state index is 0.0175. The minimum Gasteiger partial charge on any atom is -0.394 e. The Hall–Kier alpha value is -1.43. The predicted molar refractivity (Wildman–Crippen MR) is 84.0 cm³/mol. The maximum absolute atomic E-state index is 12.8. The predicted octanol–water partition coefficient (Wildman–Crippen LogP) is 0.823. The number of aliphatic hydroxyl groups is 1. The molecule has 3 rings (SSSR count). The molecule has 0 saturated carbocycles. The Balaban J connectivity index is 1.81. The zero-order chi connectivity index (χ0) is 15.7. The summed E-state index contributed by atoms with van der Waals surface area (Å²) in [6, 6.07) is 5.94. The molecule has 0 bridgehead atoms. The van der Waals surface area contributed by atoms with Crippen LogP contribution in [-0.2, 0) is 4.74 Å². The van der Waals surface area contributed by atoms with Crippen molar-refractivity contribution in [2.24, 2.45) is 0 Å². The smallest absolute Gasteiger partial charge is 0.253 e. The number of aliphatic hydroxyl groups excluding tert-OH is 1. The number of piperazine rings is 1. The quantitative estimate of drug-likeness (QED) is 0.879. The van der Waals surface area contributed by atoms with Crippen molar-refractivity contribution in [3.8, 4) is 0 Å². The summed E-state index contributed by atoms with van der Waals surface area (Å²) in [5, 5.41) is 9.88. The molecule has 22 heavy (non-hydrogen) atoms. The van der Waals surface area contributed by atoms with Gasteiger partial charge in [-0.2, -0.15) is 0 Å². The van der Waals surface area contributed by atoms with Crippen LogP contribution in [0, 0.1) is 13.8 Å². The molecule has 0 unspecified atom stereocenters. The van der Waals surface area contributed by atoms with Gasteiger partial charge in [0, 0.05) is 31.7 Å². The van der Waals surface area contributed by atoms with Gasteiger partial charge in [0.25, 0.3) is 5.91 Å². The van der Waals surface area contributed by atoms with Gasteiger partial charge in [0.1, 0.15) is 0 Å². The van der Waals surface area contributed by atoms with Crippen LogP contribution in [0.2, 0.25) is 0 Å². The molecule has 2 heterocycles. The second-order valence-corrected chi connectivity index (χ2v) is 6.53. The fourth-order valence-electron chi connectivity index (χ4n) is 3.59. The van der Waals surface area contributed by atoms with Crippen LogP contribution in [0.25, 0.3) is 0 Å². The molecule has 1 amide bonds. The van der Waals surface area contributed by atoms with Gasteiger partial charge in [0.15, 0.2) is 0 Å². The van der Waals surface area contributed by atoms with Crippen molar-refractivity contribution in [1.82, 2.24) is 9.80 Å². The Kier molecular flexibility index (Phi) is 4.21. The number of amides is 1. The van der Waals surface area contributed by atoms with Gasteiger partial charge in [-0.05, 0) is 26.0 Å². The molecule has 2 saturated heterocycles. The molecule has 1 atom stereocenters. The first kappa shape index (κ1) is 15.5. The largest absolute Gasteiger partial charge is 0.394 e. The maximum atomic E-state index is 12.8. The zero-order valence-electron chi connectivity index (χ0n) is 13.3. The van der Waals surface area contributed by atoms with E-state index in [2.05, 4.69) is 11.0 Å². The number of fused-ring (bicyclic) bond motifs is 1. The Labute approximate surface area is 131 Å². The summed E-state index contributed by atoms with van der Waals surface area (Å²) in [5.74, 6) is 0.0462. The Morgan fingerprint density at radius 2 is 1.95 bits per heavy atom. The Morgan fingerprint density at radius 1 is 1.23 bits per heavy atom. The lowest BCUT2D eigenvalue weighted by molar-refractivity contribution is -0.119. The van der Waals surface area contributed by atoms with Crippen LogP contribution < -0.4 is 0 Å². The fraction of sp³-hybridized carbons (Fsp3) is 0.588. The molecule has 120 valence electrons. The number of hydrogen-bond acceptors (Lipinski definition) is 4. The van der Waals surface area contributed by atoms with Gasteiger partial charge in [-0.15, -0.1) is 0 Å². The zero-order valence-corrected chi connectivity index (χ0v) is 13.3. The van der Waals surface area contributed by atoms with Crippen molar-refractivity contribution < 1.29 is 14.6 Å². The number of benzene rings is 1. The Morgan fingerprint density at radius 3 is 2.64 bits per heavy atom. The van der Waals surface area contributed by atoms with Crippen molar-refractivity contribution in [2.75, 3.05) is 46.0 Å². The topological polar surface area (TPSA) is 53.0 Å². The van der Waals surface area contributed by atoms with Crippen LogP contribution in [0.15, 0.2) is 18.2 Å². The lowest BCUT2D eigenvalue weighted by Gasteiger charge is -2.52. The highest BCUT2D eigenvalue weighted by atomic mass is 16.5. The van der Waals surface area contributed by atoms with Gasteiger partial charge >= 0.3 is 0 Å². The van der Waals surface area contributed by atoms with E-state index in [4.69, 9.17) is 4.74 Å². The van der Waals surface area contributed by atoms with Gasteiger partial charge < -0.3 is 14.7 Å². The molecule has 2 aliphatic heterocycles. The summed E-state index contributed by atoms with van der Waals surface area (Å²) in [7, 11) is 0. The van der Waals surface area contributed by atoms with E-state index < -0.39 is 5.54 Å². The first-order valence-electron chi connectivity index (χ1n) is 7.85. The van der Waals surface area contributed by atoms with E-state index in [9.17, 15) is 9.90 Å². The van der Waals surface area contributed by atoms with Crippen molar-refractivity contribution in [2.45, 2.75) is 19.4 Å². The lowest BCUT2D eigenvalue weighted by Crippen LogP contribution is -2.69. The number of hydrogen-bond donors (Lipinski definition) is 1. The summed E-state index contributed by atoms with van der Waals surface area (Å²) in [4.78, 5) is 16.9. The maximum Gasteiger partial charge on any atom is 0.253 e. The highest BCUT2D eigenvalue weighted by Gasteiger charge is 2.44. The van der Waals surface area contributed by atoms with E-state index >= 15 is 0 Å². The van der Waals surface area contributed by atoms with Gasteiger partial charge in [-0.1, -0.05) is 17.2 Å². The van der Waals surface area contributed by atoms with Crippen LogP contribution in [-0.4, -0.2) is 72.4 Å². The number of nitrogens with zero attached hydrogens (tertiary/aromatic N) is 2. The van der Waals surface area contributed by atoms with E-state index in [-0.39, 0.29) is 12.5 Å². The van der Waals surface area contributed by atoms with E-state index in [1.54, 1.807) is 0 Å². The van der Waals surface area contributed by atoms with Crippen LogP contribution >= 0.6 is 0 Å². The van der Waals surface area contributed by atoms with Gasteiger partial charge in [-0.3, -0.25) is 9.69 Å². The molecule has 2 fully saturated rings. The molecule has 2 aliphatic rings. The average Bonchev–Trinajstić information content (AvgIpc) is 2.52. The molecule has 5 nitrogen and oxygen atoms in total. The van der Waals surface area contributed by atoms with Crippen molar-refractivity contribution >= 4 is 5.91 Å². The van der Waals surface area contributed by atoms with Crippen LogP contribution in [0.5, 0.6) is 0 Å². The van der Waals surface area contributed by atoms with Crippen LogP contribution in [0.3, 0.4) is 0 Å². The number of rotatable bonds is 2. The molecule has 0 aromatic heterocycles. The molecule has 1 aromatic carbocycles. The summed E-state index contributed by atoms with van der Waals surface area (Å²) in [6.45, 7) is 8.06. The fourth-order valence-corrected chi connectivity index (χ4v) is 3.59. The van der Waals surface area contributed by atoms with Gasteiger partial charge in [0.2, 0.25) is 0 Å². The molecular formula is C17H24N2O3. The van der Waals surface area contributed by atoms with Crippen molar-refractivity contribution in [1.29, 1.82) is 0 Å². The van der Waals surface area contributed by atoms with Gasteiger partial charge in [0.05, 0.1) is 25.4 Å². The third-order valence-corrected chi connectivity index (χ3v) is 4.72. The Bertz CT molecular complexity index is 555. The number of carbonyl (C=O) groups excluding carboxylic acids is 1. The number of aryl methyl sites for hydroxylation is 2. The van der Waals surface area contributed by atoms with E-state index in [0.717, 1.165) is 29.8 Å². The third kappa shape index (κ3) is 2.76. The number of ether oxygens (including phenoxy) is 1. The van der Waals surface area contributed by atoms with E-state index in [0.29, 0.717) is 26.3 Å². The highest BCUT2D eigenvalue weighted by Crippen LogP contribution is 2.26. The first-order chi connectivity index (χ1) is 10.5. The monoisotopic (exact) mass is 304 g/mol. The van der Waals surface area contributed by atoms with E-state index in [1.807, 2.05) is 30.9 Å². The first-order valence-corrected chi connectivity index (χ1v) is 7.85. The average molecular weight is 304 g/mol. The minimum atomic E-state index is -0.439. The molecule has 1 aromatic rings. The molecule has 1 N–H and O–H groups in total. The summed E-state index contributed by atoms with van der Waals surface area (Å²) in [5.41, 5.74) is 2.49. The summed E-state index contributed by atoms with van der Waals surface area (Å²) < 4.78 is 5.57.